The first kappa shape index (κ1) is 10.3. The average molecular weight is 214 g/mol. The molecule has 2 fully saturated rings. The minimum absolute atomic E-state index is 0.171. The van der Waals surface area contributed by atoms with E-state index in [1.807, 2.05) is 0 Å². The van der Waals surface area contributed by atoms with Crippen LogP contribution in [0.5, 0.6) is 0 Å². The van der Waals surface area contributed by atoms with Gasteiger partial charge in [0.1, 0.15) is 0 Å². The third-order valence-corrected chi connectivity index (χ3v) is 4.25. The monoisotopic (exact) mass is 214 g/mol. The Hall–Kier alpha value is -0.220. The van der Waals surface area contributed by atoms with Crippen LogP contribution >= 0.6 is 11.8 Å². The standard InChI is InChI=1S/C10H18N2OS/c1-8-3-2-5-12(8)10(13)9-7-11-4-6-14-9/h8-9,11H,2-7H2,1H3. The molecule has 3 nitrogen and oxygen atoms in total. The Morgan fingerprint density at radius 1 is 1.57 bits per heavy atom. The van der Waals surface area contributed by atoms with Crippen LogP contribution in [0.2, 0.25) is 0 Å². The highest BCUT2D eigenvalue weighted by Gasteiger charge is 2.31. The highest BCUT2D eigenvalue weighted by atomic mass is 32.2. The largest absolute Gasteiger partial charge is 0.339 e. The van der Waals surface area contributed by atoms with E-state index in [2.05, 4.69) is 17.1 Å². The molecule has 80 valence electrons. The number of likely N-dealkylation sites (tertiary alicyclic amines) is 1. The van der Waals surface area contributed by atoms with Gasteiger partial charge in [0, 0.05) is 31.4 Å². The topological polar surface area (TPSA) is 32.3 Å². The maximum absolute atomic E-state index is 12.1. The fraction of sp³-hybridized carbons (Fsp3) is 0.900. The number of rotatable bonds is 1. The third kappa shape index (κ3) is 2.06. The second-order valence-electron chi connectivity index (χ2n) is 4.09. The first-order valence-electron chi connectivity index (χ1n) is 5.42. The van der Waals surface area contributed by atoms with Crippen molar-refractivity contribution in [2.75, 3.05) is 25.4 Å². The summed E-state index contributed by atoms with van der Waals surface area (Å²) in [6.45, 7) is 5.03. The predicted molar refractivity (Wildman–Crippen MR) is 59.5 cm³/mol. The SMILES string of the molecule is CC1CCCN1C(=O)C1CNCCS1. The molecule has 2 atom stereocenters. The summed E-state index contributed by atoms with van der Waals surface area (Å²) in [6, 6.07) is 0.463. The molecule has 2 saturated heterocycles. The van der Waals surface area contributed by atoms with Crippen molar-refractivity contribution in [3.8, 4) is 0 Å². The van der Waals surface area contributed by atoms with Gasteiger partial charge >= 0.3 is 0 Å². The second-order valence-corrected chi connectivity index (χ2v) is 5.40. The zero-order valence-corrected chi connectivity index (χ0v) is 9.48. The van der Waals surface area contributed by atoms with Crippen molar-refractivity contribution in [1.82, 2.24) is 10.2 Å². The number of nitrogens with one attached hydrogen (secondary N) is 1. The molecule has 2 heterocycles. The lowest BCUT2D eigenvalue weighted by atomic mass is 10.2. The molecule has 0 spiro atoms. The number of hydrogen-bond donors (Lipinski definition) is 1. The Bertz CT molecular complexity index is 216. The van der Waals surface area contributed by atoms with Gasteiger partial charge in [-0.25, -0.2) is 0 Å². The summed E-state index contributed by atoms with van der Waals surface area (Å²) in [4.78, 5) is 14.1. The highest BCUT2D eigenvalue weighted by Crippen LogP contribution is 2.22. The van der Waals surface area contributed by atoms with E-state index >= 15 is 0 Å². The highest BCUT2D eigenvalue weighted by molar-refractivity contribution is 8.00. The normalized spacial score (nSPS) is 33.4. The van der Waals surface area contributed by atoms with Gasteiger partial charge in [-0.15, -0.1) is 11.8 Å². The summed E-state index contributed by atoms with van der Waals surface area (Å²) in [7, 11) is 0. The van der Waals surface area contributed by atoms with Gasteiger partial charge < -0.3 is 10.2 Å². The lowest BCUT2D eigenvalue weighted by Gasteiger charge is -2.29. The molecule has 0 aromatic rings. The molecule has 0 bridgehead atoms. The molecule has 0 aliphatic carbocycles. The van der Waals surface area contributed by atoms with E-state index in [0.717, 1.165) is 25.4 Å². The number of carbonyl (C=O) groups excluding carboxylic acids is 1. The molecule has 2 aliphatic heterocycles. The molecular weight excluding hydrogens is 196 g/mol. The Morgan fingerprint density at radius 3 is 3.00 bits per heavy atom. The summed E-state index contributed by atoms with van der Waals surface area (Å²) >= 11 is 1.81. The maximum atomic E-state index is 12.1. The minimum atomic E-state index is 0.171. The summed E-state index contributed by atoms with van der Waals surface area (Å²) in [6.07, 6.45) is 2.36. The number of thioether (sulfide) groups is 1. The average Bonchev–Trinajstić information content (AvgIpc) is 2.65. The van der Waals surface area contributed by atoms with Crippen LogP contribution in [0, 0.1) is 0 Å². The van der Waals surface area contributed by atoms with Crippen LogP contribution in [-0.2, 0) is 4.79 Å². The van der Waals surface area contributed by atoms with Crippen LogP contribution in [0.3, 0.4) is 0 Å². The first-order chi connectivity index (χ1) is 6.79. The molecular formula is C10H18N2OS. The maximum Gasteiger partial charge on any atom is 0.237 e. The molecule has 2 unspecified atom stereocenters. The predicted octanol–water partition coefficient (Wildman–Crippen LogP) is 0.702. The van der Waals surface area contributed by atoms with E-state index in [0.29, 0.717) is 11.9 Å². The van der Waals surface area contributed by atoms with Gasteiger partial charge in [0.15, 0.2) is 0 Å². The lowest BCUT2D eigenvalue weighted by Crippen LogP contribution is -2.46. The molecule has 2 aliphatic rings. The summed E-state index contributed by atoms with van der Waals surface area (Å²) in [5, 5.41) is 3.46. The Kier molecular flexibility index (Phi) is 3.34. The van der Waals surface area contributed by atoms with Crippen molar-refractivity contribution >= 4 is 17.7 Å². The van der Waals surface area contributed by atoms with Gasteiger partial charge in [-0.05, 0) is 19.8 Å². The fourth-order valence-corrected chi connectivity index (χ4v) is 3.23. The molecule has 14 heavy (non-hydrogen) atoms. The molecule has 0 aromatic heterocycles. The van der Waals surface area contributed by atoms with Crippen LogP contribution in [-0.4, -0.2) is 47.5 Å². The summed E-state index contributed by atoms with van der Waals surface area (Å²) in [5.74, 6) is 1.42. The van der Waals surface area contributed by atoms with Gasteiger partial charge in [-0.2, -0.15) is 0 Å². The lowest BCUT2D eigenvalue weighted by molar-refractivity contribution is -0.131. The minimum Gasteiger partial charge on any atom is -0.339 e. The number of amides is 1. The van der Waals surface area contributed by atoms with Crippen molar-refractivity contribution in [2.24, 2.45) is 0 Å². The molecule has 2 rings (SSSR count). The third-order valence-electron chi connectivity index (χ3n) is 3.04. The molecule has 1 N–H and O–H groups in total. The first-order valence-corrected chi connectivity index (χ1v) is 6.46. The zero-order valence-electron chi connectivity index (χ0n) is 8.66. The number of nitrogens with zero attached hydrogens (tertiary/aromatic N) is 1. The van der Waals surface area contributed by atoms with Crippen LogP contribution < -0.4 is 5.32 Å². The molecule has 0 aromatic carbocycles. The zero-order chi connectivity index (χ0) is 9.97. The molecule has 0 radical (unpaired) electrons. The van der Waals surface area contributed by atoms with Crippen LogP contribution in [0.4, 0.5) is 0 Å². The van der Waals surface area contributed by atoms with Gasteiger partial charge in [0.25, 0.3) is 0 Å². The summed E-state index contributed by atoms with van der Waals surface area (Å²) in [5.41, 5.74) is 0. The van der Waals surface area contributed by atoms with E-state index in [9.17, 15) is 4.79 Å². The van der Waals surface area contributed by atoms with Crippen molar-refractivity contribution in [2.45, 2.75) is 31.1 Å². The van der Waals surface area contributed by atoms with Gasteiger partial charge in [-0.3, -0.25) is 4.79 Å². The molecule has 4 heteroatoms. The Balaban J connectivity index is 1.92. The Morgan fingerprint density at radius 2 is 2.43 bits per heavy atom. The van der Waals surface area contributed by atoms with Crippen molar-refractivity contribution in [3.63, 3.8) is 0 Å². The number of hydrogen-bond acceptors (Lipinski definition) is 3. The smallest absolute Gasteiger partial charge is 0.237 e. The van der Waals surface area contributed by atoms with Crippen molar-refractivity contribution in [3.05, 3.63) is 0 Å². The van der Waals surface area contributed by atoms with E-state index in [1.165, 1.54) is 12.8 Å². The molecule has 1 amide bonds. The van der Waals surface area contributed by atoms with E-state index in [1.54, 1.807) is 11.8 Å². The summed E-state index contributed by atoms with van der Waals surface area (Å²) < 4.78 is 0. The number of carbonyl (C=O) groups is 1. The van der Waals surface area contributed by atoms with Gasteiger partial charge in [0.2, 0.25) is 5.91 Å². The van der Waals surface area contributed by atoms with Crippen molar-refractivity contribution < 1.29 is 4.79 Å². The fourth-order valence-electron chi connectivity index (χ4n) is 2.17. The van der Waals surface area contributed by atoms with Gasteiger partial charge in [-0.1, -0.05) is 0 Å². The van der Waals surface area contributed by atoms with E-state index in [-0.39, 0.29) is 5.25 Å². The van der Waals surface area contributed by atoms with Crippen molar-refractivity contribution in [1.29, 1.82) is 0 Å². The molecule has 0 saturated carbocycles. The van der Waals surface area contributed by atoms with Gasteiger partial charge in [0.05, 0.1) is 5.25 Å². The van der Waals surface area contributed by atoms with Crippen LogP contribution in [0.1, 0.15) is 19.8 Å². The van der Waals surface area contributed by atoms with E-state index in [4.69, 9.17) is 0 Å². The Labute approximate surface area is 89.6 Å². The van der Waals surface area contributed by atoms with Crippen LogP contribution in [0.15, 0.2) is 0 Å². The van der Waals surface area contributed by atoms with Crippen LogP contribution in [0.25, 0.3) is 0 Å². The van der Waals surface area contributed by atoms with E-state index < -0.39 is 0 Å². The quantitative estimate of drug-likeness (QED) is 0.697. The second kappa shape index (κ2) is 4.53.